The molecule has 0 amide bonds. The Morgan fingerprint density at radius 1 is 0.778 bits per heavy atom. The first-order chi connectivity index (χ1) is 12.9. The lowest BCUT2D eigenvalue weighted by molar-refractivity contribution is 0.281. The van der Waals surface area contributed by atoms with Gasteiger partial charge >= 0.3 is 0 Å². The van der Waals surface area contributed by atoms with E-state index >= 15 is 0 Å². The molecule has 3 rings (SSSR count). The third-order valence-corrected chi connectivity index (χ3v) is 6.16. The highest BCUT2D eigenvalue weighted by molar-refractivity contribution is 9.10. The van der Waals surface area contributed by atoms with Crippen molar-refractivity contribution in [3.05, 3.63) is 69.7 Å². The van der Waals surface area contributed by atoms with Crippen LogP contribution < -0.4 is 10.6 Å². The molecule has 2 nitrogen and oxygen atoms in total. The minimum absolute atomic E-state index is 0.220. The minimum atomic E-state index is 0.220. The molecule has 27 heavy (non-hydrogen) atoms. The van der Waals surface area contributed by atoms with Crippen LogP contribution in [0.15, 0.2) is 53.0 Å². The number of hydrogen-bond acceptors (Lipinski definition) is 2. The molecule has 1 aliphatic rings. The molecule has 1 fully saturated rings. The number of benzene rings is 2. The van der Waals surface area contributed by atoms with E-state index in [9.17, 15) is 0 Å². The van der Waals surface area contributed by atoms with Crippen LogP contribution in [0.25, 0.3) is 0 Å². The van der Waals surface area contributed by atoms with Gasteiger partial charge in [0.25, 0.3) is 0 Å². The average molecular weight is 429 g/mol. The first-order valence-electron chi connectivity index (χ1n) is 10.2. The van der Waals surface area contributed by atoms with E-state index in [-0.39, 0.29) is 5.41 Å². The van der Waals surface area contributed by atoms with Crippen molar-refractivity contribution in [2.75, 3.05) is 0 Å². The zero-order chi connectivity index (χ0) is 19.3. The zero-order valence-electron chi connectivity index (χ0n) is 16.9. The molecular formula is C24H33BrN2. The fraction of sp³-hybridized carbons (Fsp3) is 0.500. The van der Waals surface area contributed by atoms with E-state index in [4.69, 9.17) is 0 Å². The van der Waals surface area contributed by atoms with E-state index in [2.05, 4.69) is 95.9 Å². The van der Waals surface area contributed by atoms with Gasteiger partial charge in [-0.25, -0.2) is 0 Å². The van der Waals surface area contributed by atoms with Gasteiger partial charge in [-0.15, -0.1) is 0 Å². The van der Waals surface area contributed by atoms with Crippen molar-refractivity contribution in [3.63, 3.8) is 0 Å². The minimum Gasteiger partial charge on any atom is -0.308 e. The summed E-state index contributed by atoms with van der Waals surface area (Å²) in [5, 5.41) is 7.62. The monoisotopic (exact) mass is 428 g/mol. The predicted molar refractivity (Wildman–Crippen MR) is 119 cm³/mol. The summed E-state index contributed by atoms with van der Waals surface area (Å²) in [6.45, 7) is 8.69. The fourth-order valence-corrected chi connectivity index (χ4v) is 4.11. The first-order valence-corrected chi connectivity index (χ1v) is 11.0. The summed E-state index contributed by atoms with van der Waals surface area (Å²) in [5.41, 5.74) is 4.34. The molecule has 0 saturated heterocycles. The first kappa shape index (κ1) is 20.6. The van der Waals surface area contributed by atoms with Crippen LogP contribution in [-0.2, 0) is 18.5 Å². The van der Waals surface area contributed by atoms with Crippen LogP contribution in [0.5, 0.6) is 0 Å². The van der Waals surface area contributed by atoms with Crippen LogP contribution in [0.3, 0.4) is 0 Å². The van der Waals surface area contributed by atoms with Crippen LogP contribution in [-0.4, -0.2) is 12.1 Å². The number of halogens is 1. The van der Waals surface area contributed by atoms with Crippen molar-refractivity contribution < 1.29 is 0 Å². The summed E-state index contributed by atoms with van der Waals surface area (Å²) >= 11 is 3.51. The Balaban J connectivity index is 1.53. The van der Waals surface area contributed by atoms with Crippen molar-refractivity contribution in [3.8, 4) is 0 Å². The van der Waals surface area contributed by atoms with Gasteiger partial charge in [-0.1, -0.05) is 85.9 Å². The standard InChI is InChI=1S/C24H33BrN2/c1-24(2,3)20-12-8-18(9-13-20)16-26-22-6-4-5-7-23(22)27-17-19-10-14-21(25)15-11-19/h8-15,22-23,26-27H,4-7,16-17H2,1-3H3. The summed E-state index contributed by atoms with van der Waals surface area (Å²) in [7, 11) is 0. The average Bonchev–Trinajstić information content (AvgIpc) is 2.66. The summed E-state index contributed by atoms with van der Waals surface area (Å²) in [4.78, 5) is 0. The van der Waals surface area contributed by atoms with Gasteiger partial charge in [0.15, 0.2) is 0 Å². The Bertz CT molecular complexity index is 701. The number of nitrogens with one attached hydrogen (secondary N) is 2. The summed E-state index contributed by atoms with van der Waals surface area (Å²) < 4.78 is 1.14. The van der Waals surface area contributed by atoms with Crippen LogP contribution >= 0.6 is 15.9 Å². The molecule has 1 aliphatic carbocycles. The summed E-state index contributed by atoms with van der Waals surface area (Å²) in [5.74, 6) is 0. The van der Waals surface area contributed by atoms with Gasteiger partial charge in [0.05, 0.1) is 0 Å². The third kappa shape index (κ3) is 6.17. The third-order valence-electron chi connectivity index (χ3n) is 5.64. The van der Waals surface area contributed by atoms with E-state index < -0.39 is 0 Å². The SMILES string of the molecule is CC(C)(C)c1ccc(CNC2CCCCC2NCc2ccc(Br)cc2)cc1. The van der Waals surface area contributed by atoms with Gasteiger partial charge < -0.3 is 10.6 Å². The fourth-order valence-electron chi connectivity index (χ4n) is 3.84. The Morgan fingerprint density at radius 3 is 1.67 bits per heavy atom. The lowest BCUT2D eigenvalue weighted by Gasteiger charge is -2.33. The molecule has 0 radical (unpaired) electrons. The largest absolute Gasteiger partial charge is 0.308 e. The van der Waals surface area contributed by atoms with Gasteiger partial charge in [0.2, 0.25) is 0 Å². The second-order valence-electron chi connectivity index (χ2n) is 8.83. The van der Waals surface area contributed by atoms with Crippen LogP contribution in [0, 0.1) is 0 Å². The summed E-state index contributed by atoms with van der Waals surface area (Å²) in [6.07, 6.45) is 5.18. The molecule has 1 saturated carbocycles. The van der Waals surface area contributed by atoms with E-state index in [1.807, 2.05) is 0 Å². The maximum absolute atomic E-state index is 3.82. The molecule has 0 spiro atoms. The van der Waals surface area contributed by atoms with E-state index in [1.54, 1.807) is 0 Å². The highest BCUT2D eigenvalue weighted by atomic mass is 79.9. The highest BCUT2D eigenvalue weighted by Crippen LogP contribution is 2.23. The molecule has 2 unspecified atom stereocenters. The molecule has 2 aromatic rings. The predicted octanol–water partition coefficient (Wildman–Crippen LogP) is 5.94. The molecule has 2 N–H and O–H groups in total. The Kier molecular flexibility index (Phi) is 7.13. The zero-order valence-corrected chi connectivity index (χ0v) is 18.5. The van der Waals surface area contributed by atoms with Crippen LogP contribution in [0.2, 0.25) is 0 Å². The normalized spacial score (nSPS) is 20.6. The van der Waals surface area contributed by atoms with Crippen molar-refractivity contribution in [1.82, 2.24) is 10.6 Å². The molecule has 0 aromatic heterocycles. The molecule has 2 atom stereocenters. The molecule has 0 bridgehead atoms. The quantitative estimate of drug-likeness (QED) is 0.594. The second kappa shape index (κ2) is 9.36. The topological polar surface area (TPSA) is 24.1 Å². The lowest BCUT2D eigenvalue weighted by atomic mass is 9.86. The smallest absolute Gasteiger partial charge is 0.0224 e. The van der Waals surface area contributed by atoms with Gasteiger partial charge in [-0.3, -0.25) is 0 Å². The Labute approximate surface area is 173 Å². The van der Waals surface area contributed by atoms with Gasteiger partial charge in [-0.2, -0.15) is 0 Å². The van der Waals surface area contributed by atoms with Crippen molar-refractivity contribution in [1.29, 1.82) is 0 Å². The highest BCUT2D eigenvalue weighted by Gasteiger charge is 2.24. The van der Waals surface area contributed by atoms with Crippen molar-refractivity contribution >= 4 is 15.9 Å². The van der Waals surface area contributed by atoms with E-state index in [0.717, 1.165) is 17.6 Å². The van der Waals surface area contributed by atoms with E-state index in [1.165, 1.54) is 42.4 Å². The maximum Gasteiger partial charge on any atom is 0.0224 e. The number of rotatable bonds is 6. The molecule has 0 heterocycles. The summed E-state index contributed by atoms with van der Waals surface area (Å²) in [6, 6.07) is 18.8. The van der Waals surface area contributed by atoms with E-state index in [0.29, 0.717) is 12.1 Å². The number of hydrogen-bond donors (Lipinski definition) is 2. The van der Waals surface area contributed by atoms with Gasteiger partial charge in [0.1, 0.15) is 0 Å². The van der Waals surface area contributed by atoms with Crippen molar-refractivity contribution in [2.45, 2.75) is 77.0 Å². The van der Waals surface area contributed by atoms with Gasteiger partial charge in [0, 0.05) is 29.6 Å². The van der Waals surface area contributed by atoms with Crippen molar-refractivity contribution in [2.24, 2.45) is 0 Å². The van der Waals surface area contributed by atoms with Gasteiger partial charge in [-0.05, 0) is 47.1 Å². The maximum atomic E-state index is 3.82. The molecule has 3 heteroatoms. The Hall–Kier alpha value is -1.16. The van der Waals surface area contributed by atoms with Crippen LogP contribution in [0.1, 0.15) is 63.1 Å². The molecule has 0 aliphatic heterocycles. The lowest BCUT2D eigenvalue weighted by Crippen LogP contribution is -2.49. The molecule has 2 aromatic carbocycles. The molecule has 146 valence electrons. The second-order valence-corrected chi connectivity index (χ2v) is 9.75. The van der Waals surface area contributed by atoms with Crippen LogP contribution in [0.4, 0.5) is 0 Å². The molecular weight excluding hydrogens is 396 g/mol. The Morgan fingerprint density at radius 2 is 1.22 bits per heavy atom.